The van der Waals surface area contributed by atoms with Gasteiger partial charge in [0.1, 0.15) is 5.82 Å². The molecule has 8 heteroatoms. The van der Waals surface area contributed by atoms with Gasteiger partial charge in [0.15, 0.2) is 10.0 Å². The van der Waals surface area contributed by atoms with Gasteiger partial charge < -0.3 is 5.32 Å². The third-order valence-corrected chi connectivity index (χ3v) is 5.99. The van der Waals surface area contributed by atoms with E-state index in [0.717, 1.165) is 34.4 Å². The Balaban J connectivity index is 1.51. The molecule has 0 spiro atoms. The monoisotopic (exact) mass is 347 g/mol. The molecular weight excluding hydrogens is 333 g/mol. The van der Waals surface area contributed by atoms with Crippen molar-refractivity contribution in [1.29, 1.82) is 0 Å². The highest BCUT2D eigenvalue weighted by Gasteiger charge is 2.41. The van der Waals surface area contributed by atoms with E-state index in [1.807, 2.05) is 5.38 Å². The molecule has 23 heavy (non-hydrogen) atoms. The van der Waals surface area contributed by atoms with E-state index < -0.39 is 0 Å². The fourth-order valence-electron chi connectivity index (χ4n) is 2.83. The van der Waals surface area contributed by atoms with Crippen LogP contribution >= 0.6 is 22.7 Å². The Labute approximate surface area is 140 Å². The lowest BCUT2D eigenvalue weighted by molar-refractivity contribution is 0.243. The van der Waals surface area contributed by atoms with E-state index in [4.69, 9.17) is 0 Å². The Hall–Kier alpha value is -1.93. The molecule has 0 aliphatic heterocycles. The van der Waals surface area contributed by atoms with Crippen molar-refractivity contribution >= 4 is 27.8 Å². The van der Waals surface area contributed by atoms with Gasteiger partial charge in [0.25, 0.3) is 0 Å². The van der Waals surface area contributed by atoms with Crippen molar-refractivity contribution in [2.45, 2.75) is 24.7 Å². The maximum Gasteiger partial charge on any atom is 0.206 e. The van der Waals surface area contributed by atoms with E-state index in [1.54, 1.807) is 18.5 Å². The minimum absolute atomic E-state index is 0.227. The summed E-state index contributed by atoms with van der Waals surface area (Å²) in [4.78, 5) is 8.51. The number of thiazole rings is 1. The number of halogens is 1. The first-order chi connectivity index (χ1) is 11.3. The minimum Gasteiger partial charge on any atom is -0.359 e. The lowest BCUT2D eigenvalue weighted by Crippen LogP contribution is -2.42. The predicted molar refractivity (Wildman–Crippen MR) is 89.2 cm³/mol. The summed E-state index contributed by atoms with van der Waals surface area (Å²) < 4.78 is 14.1. The highest BCUT2D eigenvalue weighted by molar-refractivity contribution is 7.22. The van der Waals surface area contributed by atoms with Crippen LogP contribution in [0.4, 0.5) is 9.52 Å². The van der Waals surface area contributed by atoms with Crippen LogP contribution in [0.15, 0.2) is 29.9 Å². The van der Waals surface area contributed by atoms with Crippen LogP contribution in [-0.2, 0) is 5.41 Å². The third kappa shape index (κ3) is 2.72. The summed E-state index contributed by atoms with van der Waals surface area (Å²) in [7, 11) is 0. The molecular formula is C15H14FN5S2. The largest absolute Gasteiger partial charge is 0.359 e. The molecule has 3 aromatic heterocycles. The van der Waals surface area contributed by atoms with Crippen molar-refractivity contribution in [2.24, 2.45) is 0 Å². The normalized spacial score (nSPS) is 16.0. The average Bonchev–Trinajstić information content (AvgIpc) is 3.18. The Kier molecular flexibility index (Phi) is 3.78. The zero-order chi connectivity index (χ0) is 15.7. The van der Waals surface area contributed by atoms with Gasteiger partial charge in [-0.05, 0) is 25.0 Å². The highest BCUT2D eigenvalue weighted by atomic mass is 32.1. The Morgan fingerprint density at radius 3 is 2.78 bits per heavy atom. The maximum atomic E-state index is 14.1. The van der Waals surface area contributed by atoms with Crippen molar-refractivity contribution in [3.63, 3.8) is 0 Å². The van der Waals surface area contributed by atoms with Gasteiger partial charge in [0.2, 0.25) is 5.13 Å². The summed E-state index contributed by atoms with van der Waals surface area (Å²) in [5.74, 6) is -0.227. The molecule has 5 nitrogen and oxygen atoms in total. The van der Waals surface area contributed by atoms with E-state index in [-0.39, 0.29) is 11.2 Å². The number of hydrogen-bond donors (Lipinski definition) is 1. The van der Waals surface area contributed by atoms with Crippen LogP contribution in [0.25, 0.3) is 10.0 Å². The second kappa shape index (κ2) is 5.93. The lowest BCUT2D eigenvalue weighted by Gasteiger charge is -2.41. The molecule has 0 aromatic carbocycles. The van der Waals surface area contributed by atoms with Gasteiger partial charge in [-0.2, -0.15) is 0 Å². The lowest BCUT2D eigenvalue weighted by atomic mass is 9.66. The molecule has 4 rings (SSSR count). The number of pyridine rings is 1. The first kappa shape index (κ1) is 14.6. The van der Waals surface area contributed by atoms with E-state index in [2.05, 4.69) is 25.5 Å². The maximum absolute atomic E-state index is 14.1. The van der Waals surface area contributed by atoms with E-state index >= 15 is 0 Å². The van der Waals surface area contributed by atoms with Crippen LogP contribution < -0.4 is 5.32 Å². The molecule has 118 valence electrons. The second-order valence-corrected chi connectivity index (χ2v) is 7.44. The topological polar surface area (TPSA) is 63.6 Å². The predicted octanol–water partition coefficient (Wildman–Crippen LogP) is 3.73. The molecule has 0 amide bonds. The van der Waals surface area contributed by atoms with E-state index in [1.165, 1.54) is 28.7 Å². The first-order valence-corrected chi connectivity index (χ1v) is 9.05. The van der Waals surface area contributed by atoms with Crippen molar-refractivity contribution < 1.29 is 4.39 Å². The summed E-state index contributed by atoms with van der Waals surface area (Å²) in [6.45, 7) is 0.618. The second-order valence-electron chi connectivity index (χ2n) is 5.57. The Bertz CT molecular complexity index is 798. The molecule has 3 heterocycles. The van der Waals surface area contributed by atoms with Crippen LogP contribution in [0.1, 0.15) is 25.0 Å². The molecule has 0 radical (unpaired) electrons. The molecule has 0 bridgehead atoms. The summed E-state index contributed by atoms with van der Waals surface area (Å²) in [6, 6.07) is 3.11. The van der Waals surface area contributed by atoms with Crippen LogP contribution in [0.5, 0.6) is 0 Å². The zero-order valence-corrected chi connectivity index (χ0v) is 13.8. The molecule has 0 unspecified atom stereocenters. The molecule has 1 N–H and O–H groups in total. The summed E-state index contributed by atoms with van der Waals surface area (Å²) in [5, 5.41) is 15.9. The smallest absolute Gasteiger partial charge is 0.206 e. The number of rotatable bonds is 5. The van der Waals surface area contributed by atoms with Gasteiger partial charge >= 0.3 is 0 Å². The summed E-state index contributed by atoms with van der Waals surface area (Å²) >= 11 is 3.00. The van der Waals surface area contributed by atoms with E-state index in [9.17, 15) is 4.39 Å². The number of aromatic nitrogens is 4. The quantitative estimate of drug-likeness (QED) is 0.762. The number of hydrogen-bond acceptors (Lipinski definition) is 7. The highest BCUT2D eigenvalue weighted by Crippen LogP contribution is 2.44. The summed E-state index contributed by atoms with van der Waals surface area (Å²) in [5.41, 5.74) is 0.321. The van der Waals surface area contributed by atoms with Gasteiger partial charge in [-0.3, -0.25) is 4.98 Å². The summed E-state index contributed by atoms with van der Waals surface area (Å²) in [6.07, 6.45) is 6.38. The minimum atomic E-state index is -0.238. The average molecular weight is 347 g/mol. The zero-order valence-electron chi connectivity index (χ0n) is 12.2. The van der Waals surface area contributed by atoms with Gasteiger partial charge in [-0.25, -0.2) is 9.37 Å². The van der Waals surface area contributed by atoms with Gasteiger partial charge in [0.05, 0.1) is 5.69 Å². The fraction of sp³-hybridized carbons (Fsp3) is 0.333. The number of nitrogens with one attached hydrogen (secondary N) is 1. The van der Waals surface area contributed by atoms with Gasteiger partial charge in [0, 0.05) is 29.7 Å². The molecule has 1 aliphatic rings. The molecule has 0 atom stereocenters. The Morgan fingerprint density at radius 2 is 2.09 bits per heavy atom. The van der Waals surface area contributed by atoms with Gasteiger partial charge in [-0.1, -0.05) is 17.8 Å². The molecule has 1 aliphatic carbocycles. The molecule has 3 aromatic rings. The fourth-order valence-corrected chi connectivity index (χ4v) is 4.25. The van der Waals surface area contributed by atoms with E-state index in [0.29, 0.717) is 12.2 Å². The number of anilines is 1. The third-order valence-electron chi connectivity index (χ3n) is 4.19. The molecule has 1 saturated carbocycles. The SMILES string of the molecule is Fc1cccnc1C1(CNc2nnc(-c3nccs3)s2)CCC1. The van der Waals surface area contributed by atoms with Crippen molar-refractivity contribution in [1.82, 2.24) is 20.2 Å². The van der Waals surface area contributed by atoms with Crippen LogP contribution in [0.3, 0.4) is 0 Å². The molecule has 1 fully saturated rings. The van der Waals surface area contributed by atoms with Gasteiger partial charge in [-0.15, -0.1) is 21.5 Å². The first-order valence-electron chi connectivity index (χ1n) is 7.35. The van der Waals surface area contributed by atoms with Crippen molar-refractivity contribution in [3.05, 3.63) is 41.4 Å². The van der Waals surface area contributed by atoms with Crippen molar-refractivity contribution in [3.8, 4) is 10.0 Å². The van der Waals surface area contributed by atoms with Crippen LogP contribution in [0.2, 0.25) is 0 Å². The number of nitrogens with zero attached hydrogens (tertiary/aromatic N) is 4. The molecule has 0 saturated heterocycles. The standard InChI is InChI=1S/C15H14FN5S2/c16-10-3-1-6-17-11(10)15(4-2-5-15)9-19-14-21-20-13(23-14)12-18-7-8-22-12/h1,3,6-8H,2,4-5,9H2,(H,19,21). The van der Waals surface area contributed by atoms with Crippen molar-refractivity contribution in [2.75, 3.05) is 11.9 Å². The Morgan fingerprint density at radius 1 is 1.17 bits per heavy atom. The van der Waals surface area contributed by atoms with Crippen LogP contribution in [-0.4, -0.2) is 26.7 Å². The van der Waals surface area contributed by atoms with Crippen LogP contribution in [0, 0.1) is 5.82 Å².